The highest BCUT2D eigenvalue weighted by molar-refractivity contribution is 6.20. The highest BCUT2D eigenvalue weighted by Gasteiger charge is 2.31. The predicted molar refractivity (Wildman–Crippen MR) is 55.1 cm³/mol. The zero-order valence-corrected chi connectivity index (χ0v) is 8.93. The second-order valence-corrected chi connectivity index (χ2v) is 5.00. The Kier molecular flexibility index (Phi) is 3.51. The highest BCUT2D eigenvalue weighted by Crippen LogP contribution is 2.36. The Bertz CT molecular complexity index is 154. The van der Waals surface area contributed by atoms with Crippen molar-refractivity contribution in [2.24, 2.45) is 11.8 Å². The standard InChI is InChI=1S/C11H19ClO/c12-11-6-7-13-8-10(11)9-4-2-1-3-5-9/h9-11H,1-8H2/t10-,11+/m0/s1. The number of alkyl halides is 1. The number of ether oxygens (including phenoxy) is 1. The minimum atomic E-state index is 0.386. The number of rotatable bonds is 1. The van der Waals surface area contributed by atoms with E-state index in [2.05, 4.69) is 0 Å². The first kappa shape index (κ1) is 9.79. The molecule has 1 aliphatic heterocycles. The fourth-order valence-corrected chi connectivity index (χ4v) is 3.10. The van der Waals surface area contributed by atoms with Crippen molar-refractivity contribution in [1.29, 1.82) is 0 Å². The third-order valence-corrected chi connectivity index (χ3v) is 4.11. The molecule has 0 spiro atoms. The molecule has 0 aromatic rings. The van der Waals surface area contributed by atoms with Crippen molar-refractivity contribution < 1.29 is 4.74 Å². The molecule has 0 aromatic carbocycles. The lowest BCUT2D eigenvalue weighted by Gasteiger charge is -2.35. The summed E-state index contributed by atoms with van der Waals surface area (Å²) in [6.07, 6.45) is 8.07. The van der Waals surface area contributed by atoms with Crippen LogP contribution in [0.2, 0.25) is 0 Å². The van der Waals surface area contributed by atoms with Gasteiger partial charge in [-0.1, -0.05) is 32.1 Å². The molecule has 1 heterocycles. The van der Waals surface area contributed by atoms with E-state index in [-0.39, 0.29) is 0 Å². The summed E-state index contributed by atoms with van der Waals surface area (Å²) in [7, 11) is 0. The number of hydrogen-bond donors (Lipinski definition) is 0. The maximum Gasteiger partial charge on any atom is 0.0511 e. The molecule has 0 amide bonds. The van der Waals surface area contributed by atoms with Crippen LogP contribution in [0.15, 0.2) is 0 Å². The molecular formula is C11H19ClO. The van der Waals surface area contributed by atoms with Gasteiger partial charge >= 0.3 is 0 Å². The molecular weight excluding hydrogens is 184 g/mol. The van der Waals surface area contributed by atoms with E-state index in [1.165, 1.54) is 32.1 Å². The third-order valence-electron chi connectivity index (χ3n) is 3.57. The summed E-state index contributed by atoms with van der Waals surface area (Å²) in [5, 5.41) is 0.386. The molecule has 0 N–H and O–H groups in total. The fourth-order valence-electron chi connectivity index (χ4n) is 2.73. The maximum atomic E-state index is 6.34. The SMILES string of the molecule is Cl[C@@H]1CCOC[C@H]1C1CCCCC1. The van der Waals surface area contributed by atoms with Crippen molar-refractivity contribution >= 4 is 11.6 Å². The van der Waals surface area contributed by atoms with Crippen LogP contribution in [0.5, 0.6) is 0 Å². The molecule has 2 aliphatic rings. The molecule has 1 aliphatic carbocycles. The van der Waals surface area contributed by atoms with Gasteiger partial charge in [0.1, 0.15) is 0 Å². The van der Waals surface area contributed by atoms with Crippen molar-refractivity contribution in [3.63, 3.8) is 0 Å². The van der Waals surface area contributed by atoms with Crippen LogP contribution in [0, 0.1) is 11.8 Å². The van der Waals surface area contributed by atoms with Gasteiger partial charge in [0.25, 0.3) is 0 Å². The lowest BCUT2D eigenvalue weighted by molar-refractivity contribution is 0.0253. The van der Waals surface area contributed by atoms with Crippen molar-refractivity contribution in [2.75, 3.05) is 13.2 Å². The van der Waals surface area contributed by atoms with Gasteiger partial charge in [-0.05, 0) is 12.3 Å². The van der Waals surface area contributed by atoms with Crippen LogP contribution in [0.25, 0.3) is 0 Å². The lowest BCUT2D eigenvalue weighted by Crippen LogP contribution is -2.34. The Balaban J connectivity index is 1.88. The molecule has 0 radical (unpaired) electrons. The summed E-state index contributed by atoms with van der Waals surface area (Å²) < 4.78 is 5.52. The van der Waals surface area contributed by atoms with Gasteiger partial charge in [0, 0.05) is 17.9 Å². The Labute approximate surface area is 85.8 Å². The van der Waals surface area contributed by atoms with Crippen LogP contribution >= 0.6 is 11.6 Å². The van der Waals surface area contributed by atoms with Gasteiger partial charge in [-0.25, -0.2) is 0 Å². The summed E-state index contributed by atoms with van der Waals surface area (Å²) >= 11 is 6.34. The second-order valence-electron chi connectivity index (χ2n) is 4.44. The van der Waals surface area contributed by atoms with E-state index < -0.39 is 0 Å². The van der Waals surface area contributed by atoms with E-state index in [1.54, 1.807) is 0 Å². The molecule has 1 nitrogen and oxygen atoms in total. The Morgan fingerprint density at radius 1 is 1.00 bits per heavy atom. The number of hydrogen-bond acceptors (Lipinski definition) is 1. The molecule has 0 aromatic heterocycles. The molecule has 2 fully saturated rings. The fraction of sp³-hybridized carbons (Fsp3) is 1.00. The largest absolute Gasteiger partial charge is 0.381 e. The van der Waals surface area contributed by atoms with Gasteiger partial charge in [0.2, 0.25) is 0 Å². The average molecular weight is 203 g/mol. The molecule has 2 rings (SSSR count). The molecule has 2 heteroatoms. The minimum Gasteiger partial charge on any atom is -0.381 e. The zero-order chi connectivity index (χ0) is 9.10. The number of halogens is 1. The monoisotopic (exact) mass is 202 g/mol. The Morgan fingerprint density at radius 3 is 2.46 bits per heavy atom. The minimum absolute atomic E-state index is 0.386. The van der Waals surface area contributed by atoms with Gasteiger partial charge < -0.3 is 4.74 Å². The van der Waals surface area contributed by atoms with E-state index in [9.17, 15) is 0 Å². The molecule has 0 unspecified atom stereocenters. The zero-order valence-electron chi connectivity index (χ0n) is 8.18. The molecule has 76 valence electrons. The van der Waals surface area contributed by atoms with Gasteiger partial charge in [-0.2, -0.15) is 0 Å². The van der Waals surface area contributed by atoms with Crippen LogP contribution in [-0.2, 0) is 4.74 Å². The molecule has 2 atom stereocenters. The van der Waals surface area contributed by atoms with Crippen LogP contribution in [0.1, 0.15) is 38.5 Å². The summed E-state index contributed by atoms with van der Waals surface area (Å²) in [4.78, 5) is 0. The van der Waals surface area contributed by atoms with E-state index in [1.807, 2.05) is 0 Å². The van der Waals surface area contributed by atoms with Crippen molar-refractivity contribution in [3.05, 3.63) is 0 Å². The van der Waals surface area contributed by atoms with Crippen LogP contribution in [0.3, 0.4) is 0 Å². The first-order valence-corrected chi connectivity index (χ1v) is 6.03. The molecule has 1 saturated carbocycles. The highest BCUT2D eigenvalue weighted by atomic mass is 35.5. The van der Waals surface area contributed by atoms with E-state index in [4.69, 9.17) is 16.3 Å². The molecule has 1 saturated heterocycles. The smallest absolute Gasteiger partial charge is 0.0511 e. The van der Waals surface area contributed by atoms with Crippen molar-refractivity contribution in [2.45, 2.75) is 43.9 Å². The predicted octanol–water partition coefficient (Wildman–Crippen LogP) is 3.21. The summed E-state index contributed by atoms with van der Waals surface area (Å²) in [5.74, 6) is 1.51. The first-order chi connectivity index (χ1) is 6.38. The van der Waals surface area contributed by atoms with E-state index >= 15 is 0 Å². The normalized spacial score (nSPS) is 37.6. The van der Waals surface area contributed by atoms with Gasteiger partial charge in [-0.15, -0.1) is 11.6 Å². The maximum absolute atomic E-state index is 6.34. The summed E-state index contributed by atoms with van der Waals surface area (Å²) in [6.45, 7) is 1.79. The second kappa shape index (κ2) is 4.65. The van der Waals surface area contributed by atoms with Gasteiger partial charge in [0.05, 0.1) is 6.61 Å². The molecule has 13 heavy (non-hydrogen) atoms. The van der Waals surface area contributed by atoms with Crippen LogP contribution < -0.4 is 0 Å². The lowest BCUT2D eigenvalue weighted by atomic mass is 9.77. The van der Waals surface area contributed by atoms with Crippen molar-refractivity contribution in [1.82, 2.24) is 0 Å². The quantitative estimate of drug-likeness (QED) is 0.594. The van der Waals surface area contributed by atoms with Crippen LogP contribution in [-0.4, -0.2) is 18.6 Å². The van der Waals surface area contributed by atoms with Crippen LogP contribution in [0.4, 0.5) is 0 Å². The topological polar surface area (TPSA) is 9.23 Å². The average Bonchev–Trinajstić information content (AvgIpc) is 2.20. The molecule has 0 bridgehead atoms. The van der Waals surface area contributed by atoms with E-state index in [0.717, 1.165) is 25.6 Å². The van der Waals surface area contributed by atoms with Gasteiger partial charge in [0.15, 0.2) is 0 Å². The van der Waals surface area contributed by atoms with Crippen molar-refractivity contribution in [3.8, 4) is 0 Å². The first-order valence-electron chi connectivity index (χ1n) is 5.60. The van der Waals surface area contributed by atoms with E-state index in [0.29, 0.717) is 11.3 Å². The Hall–Kier alpha value is 0.250. The third kappa shape index (κ3) is 2.38. The van der Waals surface area contributed by atoms with Gasteiger partial charge in [-0.3, -0.25) is 0 Å². The summed E-state index contributed by atoms with van der Waals surface area (Å²) in [5.41, 5.74) is 0. The summed E-state index contributed by atoms with van der Waals surface area (Å²) in [6, 6.07) is 0. The Morgan fingerprint density at radius 2 is 1.77 bits per heavy atom.